The van der Waals surface area contributed by atoms with E-state index in [0.29, 0.717) is 18.4 Å². The second-order valence-electron chi connectivity index (χ2n) is 6.08. The van der Waals surface area contributed by atoms with Crippen LogP contribution >= 0.6 is 0 Å². The first-order chi connectivity index (χ1) is 8.63. The molecule has 0 aromatic carbocycles. The molecular formula is C14H27N3O. The molecule has 1 aliphatic heterocycles. The molecule has 1 saturated heterocycles. The predicted octanol–water partition coefficient (Wildman–Crippen LogP) is 1.09. The van der Waals surface area contributed by atoms with Crippen LogP contribution in [0, 0.1) is 11.8 Å². The maximum atomic E-state index is 12.6. The van der Waals surface area contributed by atoms with E-state index in [2.05, 4.69) is 11.8 Å². The van der Waals surface area contributed by atoms with Crippen LogP contribution in [0.25, 0.3) is 0 Å². The Morgan fingerprint density at radius 1 is 1.28 bits per heavy atom. The third-order valence-electron chi connectivity index (χ3n) is 4.70. The van der Waals surface area contributed by atoms with E-state index in [1.807, 2.05) is 0 Å². The van der Waals surface area contributed by atoms with E-state index >= 15 is 0 Å². The largest absolute Gasteiger partial charge is 0.338 e. The van der Waals surface area contributed by atoms with Crippen molar-refractivity contribution in [3.8, 4) is 0 Å². The van der Waals surface area contributed by atoms with Crippen molar-refractivity contribution < 1.29 is 4.79 Å². The van der Waals surface area contributed by atoms with Crippen LogP contribution in [-0.4, -0.2) is 36.0 Å². The minimum absolute atomic E-state index is 0.146. The normalized spacial score (nSPS) is 37.6. The summed E-state index contributed by atoms with van der Waals surface area (Å²) in [6.07, 6.45) is 6.34. The van der Waals surface area contributed by atoms with Gasteiger partial charge in [-0.15, -0.1) is 0 Å². The van der Waals surface area contributed by atoms with Crippen LogP contribution in [0.5, 0.6) is 0 Å². The number of amides is 1. The number of hydrogen-bond donors (Lipinski definition) is 2. The molecular weight excluding hydrogens is 226 g/mol. The fraction of sp³-hybridized carbons (Fsp3) is 0.929. The third kappa shape index (κ3) is 2.86. The van der Waals surface area contributed by atoms with Crippen LogP contribution in [-0.2, 0) is 4.79 Å². The molecule has 104 valence electrons. The van der Waals surface area contributed by atoms with Crippen LogP contribution in [0.3, 0.4) is 0 Å². The molecule has 2 rings (SSSR count). The number of piperidine rings is 1. The number of carbonyl (C=O) groups is 1. The highest BCUT2D eigenvalue weighted by Crippen LogP contribution is 2.29. The van der Waals surface area contributed by atoms with Gasteiger partial charge in [-0.25, -0.2) is 0 Å². The van der Waals surface area contributed by atoms with Gasteiger partial charge in [0.1, 0.15) is 0 Å². The van der Waals surface area contributed by atoms with Gasteiger partial charge in [0.15, 0.2) is 0 Å². The molecule has 0 aromatic heterocycles. The molecule has 1 saturated carbocycles. The van der Waals surface area contributed by atoms with E-state index < -0.39 is 0 Å². The molecule has 18 heavy (non-hydrogen) atoms. The van der Waals surface area contributed by atoms with Crippen LogP contribution in [0.4, 0.5) is 0 Å². The quantitative estimate of drug-likeness (QED) is 0.774. The number of carbonyl (C=O) groups excluding carboxylic acids is 1. The molecule has 4 N–H and O–H groups in total. The molecule has 2 fully saturated rings. The lowest BCUT2D eigenvalue weighted by atomic mass is 9.83. The van der Waals surface area contributed by atoms with Crippen molar-refractivity contribution in [3.05, 3.63) is 0 Å². The Labute approximate surface area is 110 Å². The standard InChI is InChI=1S/C14H27N3O/c1-10-4-3-7-17(13(10)9-15)14(18)11-5-2-6-12(16)8-11/h10-13H,2-9,15-16H2,1H3/t10-,11-,12-,13-/m1/s1. The van der Waals surface area contributed by atoms with Gasteiger partial charge in [0.2, 0.25) is 5.91 Å². The highest BCUT2D eigenvalue weighted by atomic mass is 16.2. The molecule has 1 heterocycles. The zero-order valence-corrected chi connectivity index (χ0v) is 11.5. The Hall–Kier alpha value is -0.610. The zero-order valence-electron chi connectivity index (χ0n) is 11.5. The van der Waals surface area contributed by atoms with Crippen molar-refractivity contribution in [2.24, 2.45) is 23.3 Å². The lowest BCUT2D eigenvalue weighted by Gasteiger charge is -2.42. The molecule has 0 unspecified atom stereocenters. The highest BCUT2D eigenvalue weighted by Gasteiger charge is 2.35. The van der Waals surface area contributed by atoms with Gasteiger partial charge in [0, 0.05) is 31.1 Å². The van der Waals surface area contributed by atoms with Gasteiger partial charge in [0.05, 0.1) is 0 Å². The molecule has 4 atom stereocenters. The SMILES string of the molecule is C[C@@H]1CCCN(C(=O)[C@@H]2CCC[C@@H](N)C2)[C@@H]1CN. The summed E-state index contributed by atoms with van der Waals surface area (Å²) in [5.41, 5.74) is 11.9. The lowest BCUT2D eigenvalue weighted by Crippen LogP contribution is -2.53. The van der Waals surface area contributed by atoms with E-state index in [1.165, 1.54) is 6.42 Å². The average molecular weight is 253 g/mol. The lowest BCUT2D eigenvalue weighted by molar-refractivity contribution is -0.141. The van der Waals surface area contributed by atoms with E-state index in [9.17, 15) is 4.79 Å². The molecule has 0 bridgehead atoms. The van der Waals surface area contributed by atoms with Gasteiger partial charge >= 0.3 is 0 Å². The van der Waals surface area contributed by atoms with Gasteiger partial charge in [-0.1, -0.05) is 13.3 Å². The molecule has 0 aromatic rings. The summed E-state index contributed by atoms with van der Waals surface area (Å²) >= 11 is 0. The van der Waals surface area contributed by atoms with Crippen LogP contribution in [0.15, 0.2) is 0 Å². The number of hydrogen-bond acceptors (Lipinski definition) is 3. The Kier molecular flexibility index (Phi) is 4.62. The molecule has 4 nitrogen and oxygen atoms in total. The maximum absolute atomic E-state index is 12.6. The fourth-order valence-electron chi connectivity index (χ4n) is 3.57. The molecule has 0 spiro atoms. The van der Waals surface area contributed by atoms with E-state index in [4.69, 9.17) is 11.5 Å². The maximum Gasteiger partial charge on any atom is 0.226 e. The summed E-state index contributed by atoms with van der Waals surface area (Å²) in [6, 6.07) is 0.454. The van der Waals surface area contributed by atoms with Crippen molar-refractivity contribution in [2.45, 2.75) is 57.5 Å². The summed E-state index contributed by atoms with van der Waals surface area (Å²) < 4.78 is 0. The number of rotatable bonds is 2. The van der Waals surface area contributed by atoms with E-state index in [-0.39, 0.29) is 18.0 Å². The van der Waals surface area contributed by atoms with Crippen LogP contribution in [0.1, 0.15) is 45.4 Å². The Morgan fingerprint density at radius 2 is 2.06 bits per heavy atom. The van der Waals surface area contributed by atoms with Crippen molar-refractivity contribution >= 4 is 5.91 Å². The molecule has 0 radical (unpaired) electrons. The van der Waals surface area contributed by atoms with Gasteiger partial charge < -0.3 is 16.4 Å². The molecule has 1 aliphatic carbocycles. The molecule has 1 amide bonds. The third-order valence-corrected chi connectivity index (χ3v) is 4.70. The topological polar surface area (TPSA) is 72.3 Å². The van der Waals surface area contributed by atoms with E-state index in [0.717, 1.165) is 38.6 Å². The van der Waals surface area contributed by atoms with Crippen LogP contribution in [0.2, 0.25) is 0 Å². The summed E-state index contributed by atoms with van der Waals surface area (Å²) in [6.45, 7) is 3.69. The van der Waals surface area contributed by atoms with Crippen molar-refractivity contribution in [1.29, 1.82) is 0 Å². The smallest absolute Gasteiger partial charge is 0.226 e. The fourth-order valence-corrected chi connectivity index (χ4v) is 3.57. The van der Waals surface area contributed by atoms with Crippen molar-refractivity contribution in [3.63, 3.8) is 0 Å². The highest BCUT2D eigenvalue weighted by molar-refractivity contribution is 5.79. The Balaban J connectivity index is 2.02. The van der Waals surface area contributed by atoms with Gasteiger partial charge in [0.25, 0.3) is 0 Å². The average Bonchev–Trinajstić information content (AvgIpc) is 2.37. The predicted molar refractivity (Wildman–Crippen MR) is 72.9 cm³/mol. The minimum Gasteiger partial charge on any atom is -0.338 e. The van der Waals surface area contributed by atoms with Gasteiger partial charge in [-0.3, -0.25) is 4.79 Å². The first kappa shape index (κ1) is 13.8. The number of likely N-dealkylation sites (tertiary alicyclic amines) is 1. The summed E-state index contributed by atoms with van der Waals surface area (Å²) in [5, 5.41) is 0. The van der Waals surface area contributed by atoms with Crippen molar-refractivity contribution in [2.75, 3.05) is 13.1 Å². The van der Waals surface area contributed by atoms with Gasteiger partial charge in [-0.2, -0.15) is 0 Å². The van der Waals surface area contributed by atoms with E-state index in [1.54, 1.807) is 0 Å². The Bertz CT molecular complexity index is 295. The second kappa shape index (κ2) is 6.02. The first-order valence-electron chi connectivity index (χ1n) is 7.39. The second-order valence-corrected chi connectivity index (χ2v) is 6.08. The summed E-state index contributed by atoms with van der Waals surface area (Å²) in [4.78, 5) is 14.7. The first-order valence-corrected chi connectivity index (χ1v) is 7.39. The Morgan fingerprint density at radius 3 is 2.72 bits per heavy atom. The van der Waals surface area contributed by atoms with Gasteiger partial charge in [-0.05, 0) is 38.0 Å². The summed E-state index contributed by atoms with van der Waals surface area (Å²) in [5.74, 6) is 0.991. The molecule has 2 aliphatic rings. The number of nitrogens with zero attached hydrogens (tertiary/aromatic N) is 1. The molecule has 4 heteroatoms. The monoisotopic (exact) mass is 253 g/mol. The van der Waals surface area contributed by atoms with Crippen molar-refractivity contribution in [1.82, 2.24) is 4.90 Å². The summed E-state index contributed by atoms with van der Waals surface area (Å²) in [7, 11) is 0. The zero-order chi connectivity index (χ0) is 13.1. The minimum atomic E-state index is 0.146. The number of nitrogens with two attached hydrogens (primary N) is 2. The van der Waals surface area contributed by atoms with Crippen LogP contribution < -0.4 is 11.5 Å².